The Bertz CT molecular complexity index is 205. The Balaban J connectivity index is 2.52. The topological polar surface area (TPSA) is 90.4 Å². The second kappa shape index (κ2) is 3.42. The van der Waals surface area contributed by atoms with Crippen LogP contribution in [0, 0.1) is 5.41 Å². The molecule has 5 heteroatoms. The van der Waals surface area contributed by atoms with Crippen LogP contribution in [0.1, 0.15) is 19.3 Å². The minimum absolute atomic E-state index is 0.0150. The molecule has 0 bridgehead atoms. The molecule has 12 heavy (non-hydrogen) atoms. The lowest BCUT2D eigenvalue weighted by Crippen LogP contribution is -2.40. The van der Waals surface area contributed by atoms with Gasteiger partial charge in [0.2, 0.25) is 0 Å². The van der Waals surface area contributed by atoms with Crippen LogP contribution in [-0.2, 0) is 4.79 Å². The number of aliphatic carboxylic acids is 1. The summed E-state index contributed by atoms with van der Waals surface area (Å²) < 4.78 is 0. The van der Waals surface area contributed by atoms with Crippen molar-refractivity contribution in [3.8, 4) is 0 Å². The van der Waals surface area contributed by atoms with Crippen molar-refractivity contribution in [2.24, 2.45) is 5.73 Å². The molecule has 1 atom stereocenters. The van der Waals surface area contributed by atoms with Gasteiger partial charge in [0.15, 0.2) is 5.96 Å². The van der Waals surface area contributed by atoms with E-state index in [1.165, 1.54) is 0 Å². The normalized spacial score (nSPS) is 22.7. The molecule has 0 aliphatic carbocycles. The minimum Gasteiger partial charge on any atom is -0.481 e. The molecule has 1 aliphatic heterocycles. The number of likely N-dealkylation sites (tertiary alicyclic amines) is 1. The van der Waals surface area contributed by atoms with Crippen LogP contribution in [0.4, 0.5) is 0 Å². The Labute approximate surface area is 70.7 Å². The van der Waals surface area contributed by atoms with E-state index in [0.29, 0.717) is 6.54 Å². The van der Waals surface area contributed by atoms with Gasteiger partial charge in [0, 0.05) is 12.6 Å². The summed E-state index contributed by atoms with van der Waals surface area (Å²) in [5.74, 6) is -0.841. The molecular weight excluding hydrogens is 158 g/mol. The van der Waals surface area contributed by atoms with Crippen molar-refractivity contribution in [1.29, 1.82) is 5.41 Å². The van der Waals surface area contributed by atoms with Gasteiger partial charge < -0.3 is 15.7 Å². The Morgan fingerprint density at radius 3 is 2.92 bits per heavy atom. The summed E-state index contributed by atoms with van der Waals surface area (Å²) in [6.07, 6.45) is 1.84. The van der Waals surface area contributed by atoms with E-state index in [-0.39, 0.29) is 18.4 Å². The molecule has 1 saturated heterocycles. The zero-order valence-corrected chi connectivity index (χ0v) is 6.79. The summed E-state index contributed by atoms with van der Waals surface area (Å²) >= 11 is 0. The average molecular weight is 171 g/mol. The van der Waals surface area contributed by atoms with Crippen LogP contribution < -0.4 is 5.73 Å². The molecule has 4 N–H and O–H groups in total. The lowest BCUT2D eigenvalue weighted by molar-refractivity contribution is -0.137. The first-order valence-corrected chi connectivity index (χ1v) is 3.93. The van der Waals surface area contributed by atoms with Gasteiger partial charge in [0.05, 0.1) is 6.42 Å². The van der Waals surface area contributed by atoms with Gasteiger partial charge in [-0.15, -0.1) is 0 Å². The Morgan fingerprint density at radius 1 is 1.75 bits per heavy atom. The lowest BCUT2D eigenvalue weighted by Gasteiger charge is -2.22. The molecule has 0 aromatic heterocycles. The van der Waals surface area contributed by atoms with Gasteiger partial charge in [-0.3, -0.25) is 10.2 Å². The summed E-state index contributed by atoms with van der Waals surface area (Å²) in [4.78, 5) is 12.0. The second-order valence-electron chi connectivity index (χ2n) is 2.97. The third-order valence-electron chi connectivity index (χ3n) is 2.10. The lowest BCUT2D eigenvalue weighted by atomic mass is 10.1. The summed E-state index contributed by atoms with van der Waals surface area (Å²) in [7, 11) is 0. The predicted molar refractivity (Wildman–Crippen MR) is 43.9 cm³/mol. The molecule has 68 valence electrons. The molecule has 1 fully saturated rings. The number of carbonyl (C=O) groups is 1. The van der Waals surface area contributed by atoms with Gasteiger partial charge in [-0.1, -0.05) is 0 Å². The van der Waals surface area contributed by atoms with Gasteiger partial charge in [-0.25, -0.2) is 0 Å². The molecule has 1 heterocycles. The van der Waals surface area contributed by atoms with E-state index in [9.17, 15) is 4.79 Å². The summed E-state index contributed by atoms with van der Waals surface area (Å²) in [6, 6.07) is -0.0694. The molecule has 0 amide bonds. The molecule has 0 aromatic carbocycles. The molecule has 1 unspecified atom stereocenters. The fraction of sp³-hybridized carbons (Fsp3) is 0.714. The number of nitrogens with two attached hydrogens (primary N) is 1. The molecule has 0 radical (unpaired) electrons. The molecule has 1 aliphatic rings. The third-order valence-corrected chi connectivity index (χ3v) is 2.10. The van der Waals surface area contributed by atoms with Crippen LogP contribution in [0.5, 0.6) is 0 Å². The van der Waals surface area contributed by atoms with Crippen LogP contribution in [0.2, 0.25) is 0 Å². The molecule has 1 rings (SSSR count). The van der Waals surface area contributed by atoms with Gasteiger partial charge in [-0.05, 0) is 12.8 Å². The number of carboxylic acid groups (broad SMARTS) is 1. The van der Waals surface area contributed by atoms with Crippen LogP contribution in [0.25, 0.3) is 0 Å². The SMILES string of the molecule is N=C(N)N1CCCC1CC(=O)O. The highest BCUT2D eigenvalue weighted by Gasteiger charge is 2.27. The van der Waals surface area contributed by atoms with Gasteiger partial charge >= 0.3 is 5.97 Å². The standard InChI is InChI=1S/C7H13N3O2/c8-7(9)10-3-1-2-5(10)4-6(11)12/h5H,1-4H2,(H3,8,9)(H,11,12). The Morgan fingerprint density at radius 2 is 2.42 bits per heavy atom. The summed E-state index contributed by atoms with van der Waals surface area (Å²) in [5, 5.41) is 15.7. The largest absolute Gasteiger partial charge is 0.481 e. The van der Waals surface area contributed by atoms with E-state index in [0.717, 1.165) is 12.8 Å². The van der Waals surface area contributed by atoms with Crippen molar-refractivity contribution in [2.75, 3.05) is 6.54 Å². The second-order valence-corrected chi connectivity index (χ2v) is 2.97. The number of nitrogens with zero attached hydrogens (tertiary/aromatic N) is 1. The first-order chi connectivity index (χ1) is 5.61. The zero-order chi connectivity index (χ0) is 9.14. The van der Waals surface area contributed by atoms with E-state index in [1.807, 2.05) is 0 Å². The first-order valence-electron chi connectivity index (χ1n) is 3.93. The number of nitrogens with one attached hydrogen (secondary N) is 1. The molecule has 0 saturated carbocycles. The van der Waals surface area contributed by atoms with Crippen LogP contribution in [0.3, 0.4) is 0 Å². The maximum Gasteiger partial charge on any atom is 0.305 e. The van der Waals surface area contributed by atoms with E-state index < -0.39 is 5.97 Å². The van der Waals surface area contributed by atoms with Crippen molar-refractivity contribution in [2.45, 2.75) is 25.3 Å². The summed E-state index contributed by atoms with van der Waals surface area (Å²) in [6.45, 7) is 0.716. The summed E-state index contributed by atoms with van der Waals surface area (Å²) in [5.41, 5.74) is 5.28. The predicted octanol–water partition coefficient (Wildman–Crippen LogP) is -0.181. The first kappa shape index (κ1) is 8.83. The fourth-order valence-electron chi connectivity index (χ4n) is 1.57. The molecule has 5 nitrogen and oxygen atoms in total. The number of carboxylic acids is 1. The van der Waals surface area contributed by atoms with Gasteiger partial charge in [-0.2, -0.15) is 0 Å². The van der Waals surface area contributed by atoms with E-state index >= 15 is 0 Å². The zero-order valence-electron chi connectivity index (χ0n) is 6.79. The van der Waals surface area contributed by atoms with E-state index in [2.05, 4.69) is 0 Å². The molecule has 0 spiro atoms. The Kier molecular flexibility index (Phi) is 2.52. The highest BCUT2D eigenvalue weighted by molar-refractivity contribution is 5.76. The monoisotopic (exact) mass is 171 g/mol. The Hall–Kier alpha value is -1.26. The third kappa shape index (κ3) is 1.87. The van der Waals surface area contributed by atoms with Crippen LogP contribution >= 0.6 is 0 Å². The van der Waals surface area contributed by atoms with E-state index in [4.69, 9.17) is 16.2 Å². The van der Waals surface area contributed by atoms with Crippen molar-refractivity contribution in [3.05, 3.63) is 0 Å². The quantitative estimate of drug-likeness (QED) is 0.397. The number of hydrogen-bond acceptors (Lipinski definition) is 2. The van der Waals surface area contributed by atoms with Gasteiger partial charge in [0.1, 0.15) is 0 Å². The van der Waals surface area contributed by atoms with Gasteiger partial charge in [0.25, 0.3) is 0 Å². The fourth-order valence-corrected chi connectivity index (χ4v) is 1.57. The molecule has 0 aromatic rings. The number of guanidine groups is 1. The maximum absolute atomic E-state index is 10.4. The smallest absolute Gasteiger partial charge is 0.305 e. The highest BCUT2D eigenvalue weighted by Crippen LogP contribution is 2.18. The van der Waals surface area contributed by atoms with E-state index in [1.54, 1.807) is 4.90 Å². The average Bonchev–Trinajstić information content (AvgIpc) is 2.33. The minimum atomic E-state index is -0.826. The maximum atomic E-state index is 10.4. The number of rotatable bonds is 2. The molecular formula is C7H13N3O2. The van der Waals surface area contributed by atoms with Crippen molar-refractivity contribution < 1.29 is 9.90 Å². The van der Waals surface area contributed by atoms with Crippen LogP contribution in [0.15, 0.2) is 0 Å². The van der Waals surface area contributed by atoms with Crippen molar-refractivity contribution in [1.82, 2.24) is 4.90 Å². The number of hydrogen-bond donors (Lipinski definition) is 3. The van der Waals surface area contributed by atoms with Crippen molar-refractivity contribution in [3.63, 3.8) is 0 Å². The highest BCUT2D eigenvalue weighted by atomic mass is 16.4. The van der Waals surface area contributed by atoms with Crippen LogP contribution in [-0.4, -0.2) is 34.5 Å². The van der Waals surface area contributed by atoms with Crippen molar-refractivity contribution >= 4 is 11.9 Å².